The van der Waals surface area contributed by atoms with E-state index in [1.165, 1.54) is 53.2 Å². The van der Waals surface area contributed by atoms with Crippen molar-refractivity contribution in [2.45, 2.75) is 0 Å². The van der Waals surface area contributed by atoms with Crippen LogP contribution >= 0.6 is 11.3 Å². The lowest BCUT2D eigenvalue weighted by molar-refractivity contribution is 0.488. The normalized spacial score (nSPS) is 11.8. The number of rotatable bonds is 4. The summed E-state index contributed by atoms with van der Waals surface area (Å²) in [5, 5.41) is 4.94. The molecule has 9 aromatic rings. The molecule has 230 valence electrons. The smallest absolute Gasteiger partial charge is 0.135 e. The van der Waals surface area contributed by atoms with Crippen molar-refractivity contribution in [3.63, 3.8) is 0 Å². The standard InChI is InChI=1S/C46H29NOS/c1-2-13-30(14-3-1)33-16-6-9-20-39(33)47(40-21-12-24-44-46(40)37-19-8-11-23-43(37)49-44)32-26-28-42-38(29-32)45-34-17-5-4-15-31(34)25-27-36(45)35-18-7-10-22-41(35)48-42/h1-29H. The summed E-state index contributed by atoms with van der Waals surface area (Å²) < 4.78 is 9.33. The van der Waals surface area contributed by atoms with E-state index in [0.29, 0.717) is 0 Å². The van der Waals surface area contributed by atoms with Crippen molar-refractivity contribution in [3.05, 3.63) is 176 Å². The van der Waals surface area contributed by atoms with Crippen LogP contribution in [-0.2, 0) is 0 Å². The molecule has 0 saturated heterocycles. The Kier molecular flexibility index (Phi) is 6.39. The zero-order valence-corrected chi connectivity index (χ0v) is 27.3. The fourth-order valence-corrected chi connectivity index (χ4v) is 8.63. The third kappa shape index (κ3) is 4.47. The zero-order chi connectivity index (χ0) is 32.3. The van der Waals surface area contributed by atoms with Crippen molar-refractivity contribution in [2.24, 2.45) is 0 Å². The molecule has 0 N–H and O–H groups in total. The van der Waals surface area contributed by atoms with E-state index in [2.05, 4.69) is 175 Å². The molecular weight excluding hydrogens is 615 g/mol. The first-order valence-corrected chi connectivity index (χ1v) is 17.4. The summed E-state index contributed by atoms with van der Waals surface area (Å²) >= 11 is 1.85. The molecule has 1 aliphatic heterocycles. The largest absolute Gasteiger partial charge is 0.456 e. The minimum Gasteiger partial charge on any atom is -0.456 e. The van der Waals surface area contributed by atoms with Crippen LogP contribution in [-0.4, -0.2) is 0 Å². The van der Waals surface area contributed by atoms with Crippen molar-refractivity contribution >= 4 is 59.3 Å². The van der Waals surface area contributed by atoms with Crippen molar-refractivity contribution in [1.29, 1.82) is 0 Å². The van der Waals surface area contributed by atoms with Gasteiger partial charge in [0.1, 0.15) is 11.5 Å². The van der Waals surface area contributed by atoms with Crippen molar-refractivity contribution < 1.29 is 4.74 Å². The fraction of sp³-hybridized carbons (Fsp3) is 0. The van der Waals surface area contributed by atoms with Crippen LogP contribution in [0.2, 0.25) is 0 Å². The van der Waals surface area contributed by atoms with Crippen LogP contribution in [0.5, 0.6) is 11.5 Å². The van der Waals surface area contributed by atoms with E-state index in [-0.39, 0.29) is 0 Å². The average molecular weight is 644 g/mol. The Morgan fingerprint density at radius 1 is 0.429 bits per heavy atom. The van der Waals surface area contributed by atoms with Gasteiger partial charge in [0.25, 0.3) is 0 Å². The minimum absolute atomic E-state index is 0.849. The van der Waals surface area contributed by atoms with E-state index < -0.39 is 0 Å². The lowest BCUT2D eigenvalue weighted by atomic mass is 9.89. The summed E-state index contributed by atoms with van der Waals surface area (Å²) in [5.74, 6) is 1.72. The zero-order valence-electron chi connectivity index (χ0n) is 26.5. The Labute approximate surface area is 288 Å². The molecule has 0 fully saturated rings. The average Bonchev–Trinajstić information content (AvgIpc) is 3.48. The summed E-state index contributed by atoms with van der Waals surface area (Å²) in [5.41, 5.74) is 10.2. The summed E-state index contributed by atoms with van der Waals surface area (Å²) in [4.78, 5) is 2.45. The van der Waals surface area contributed by atoms with E-state index >= 15 is 0 Å². The Morgan fingerprint density at radius 3 is 2.04 bits per heavy atom. The SMILES string of the molecule is c1ccc(-c2ccccc2N(c2ccc3c(c2)-c2c(ccc4ccccc24)-c2ccccc2O3)c2cccc3sc4ccccc4c23)cc1. The van der Waals surface area contributed by atoms with Gasteiger partial charge in [0.15, 0.2) is 0 Å². The third-order valence-corrected chi connectivity index (χ3v) is 10.8. The third-order valence-electron chi connectivity index (χ3n) is 9.67. The molecule has 49 heavy (non-hydrogen) atoms. The first kappa shape index (κ1) is 27.9. The van der Waals surface area contributed by atoms with Gasteiger partial charge in [-0.25, -0.2) is 0 Å². The summed E-state index contributed by atoms with van der Waals surface area (Å²) in [7, 11) is 0. The number of fused-ring (bicyclic) bond motifs is 10. The number of anilines is 3. The lowest BCUT2D eigenvalue weighted by Gasteiger charge is -2.29. The molecule has 8 aromatic carbocycles. The fourth-order valence-electron chi connectivity index (χ4n) is 7.50. The molecule has 10 rings (SSSR count). The Morgan fingerprint density at radius 2 is 1.12 bits per heavy atom. The molecule has 0 radical (unpaired) electrons. The van der Waals surface area contributed by atoms with Crippen LogP contribution in [0.15, 0.2) is 176 Å². The van der Waals surface area contributed by atoms with Gasteiger partial charge in [0.2, 0.25) is 0 Å². The van der Waals surface area contributed by atoms with Gasteiger partial charge in [-0.05, 0) is 70.4 Å². The van der Waals surface area contributed by atoms with Crippen LogP contribution in [0.4, 0.5) is 17.1 Å². The maximum Gasteiger partial charge on any atom is 0.135 e. The van der Waals surface area contributed by atoms with Crippen molar-refractivity contribution in [2.75, 3.05) is 4.90 Å². The van der Waals surface area contributed by atoms with Gasteiger partial charge in [-0.1, -0.05) is 127 Å². The van der Waals surface area contributed by atoms with Crippen molar-refractivity contribution in [3.8, 4) is 44.9 Å². The second kappa shape index (κ2) is 11.2. The number of para-hydroxylation sites is 2. The van der Waals surface area contributed by atoms with Gasteiger partial charge in [-0.15, -0.1) is 11.3 Å². The summed E-state index contributed by atoms with van der Waals surface area (Å²) in [6.07, 6.45) is 0. The predicted molar refractivity (Wildman–Crippen MR) is 208 cm³/mol. The van der Waals surface area contributed by atoms with Gasteiger partial charge in [-0.2, -0.15) is 0 Å². The molecule has 0 atom stereocenters. The quantitative estimate of drug-likeness (QED) is 0.189. The number of benzene rings is 8. The van der Waals surface area contributed by atoms with Crippen LogP contribution in [0.3, 0.4) is 0 Å². The molecule has 0 amide bonds. The first-order valence-electron chi connectivity index (χ1n) is 16.6. The minimum atomic E-state index is 0.849. The Balaban J connectivity index is 1.30. The van der Waals surface area contributed by atoms with Gasteiger partial charge in [0, 0.05) is 48.1 Å². The summed E-state index contributed by atoms with van der Waals surface area (Å²) in [6, 6.07) is 63.2. The maximum absolute atomic E-state index is 6.77. The molecule has 0 unspecified atom stereocenters. The Hall–Kier alpha value is -6.16. The predicted octanol–water partition coefficient (Wildman–Crippen LogP) is 13.8. The first-order chi connectivity index (χ1) is 24.3. The van der Waals surface area contributed by atoms with Crippen LogP contribution in [0.1, 0.15) is 0 Å². The highest BCUT2D eigenvalue weighted by molar-refractivity contribution is 7.26. The van der Waals surface area contributed by atoms with Crippen LogP contribution in [0, 0.1) is 0 Å². The van der Waals surface area contributed by atoms with E-state index in [1.54, 1.807) is 0 Å². The number of ether oxygens (including phenoxy) is 1. The van der Waals surface area contributed by atoms with Gasteiger partial charge < -0.3 is 9.64 Å². The second-order valence-electron chi connectivity index (χ2n) is 12.5. The van der Waals surface area contributed by atoms with Gasteiger partial charge >= 0.3 is 0 Å². The number of hydrogen-bond donors (Lipinski definition) is 0. The van der Waals surface area contributed by atoms with E-state index in [0.717, 1.165) is 39.7 Å². The monoisotopic (exact) mass is 643 g/mol. The molecule has 1 aliphatic rings. The maximum atomic E-state index is 6.77. The molecule has 0 aliphatic carbocycles. The van der Waals surface area contributed by atoms with Gasteiger partial charge in [0.05, 0.1) is 11.4 Å². The number of thiophene rings is 1. The van der Waals surface area contributed by atoms with Crippen molar-refractivity contribution in [1.82, 2.24) is 0 Å². The topological polar surface area (TPSA) is 12.5 Å². The van der Waals surface area contributed by atoms with Crippen LogP contribution < -0.4 is 9.64 Å². The second-order valence-corrected chi connectivity index (χ2v) is 13.5. The molecule has 3 heteroatoms. The van der Waals surface area contributed by atoms with E-state index in [9.17, 15) is 0 Å². The van der Waals surface area contributed by atoms with Crippen LogP contribution in [0.25, 0.3) is 64.3 Å². The molecule has 1 aromatic heterocycles. The number of nitrogens with zero attached hydrogens (tertiary/aromatic N) is 1. The Bertz CT molecular complexity index is 2710. The molecule has 0 saturated carbocycles. The molecule has 2 nitrogen and oxygen atoms in total. The molecular formula is C46H29NOS. The lowest BCUT2D eigenvalue weighted by Crippen LogP contribution is -2.12. The molecule has 0 spiro atoms. The van der Waals surface area contributed by atoms with E-state index in [4.69, 9.17) is 4.74 Å². The highest BCUT2D eigenvalue weighted by atomic mass is 32.1. The highest BCUT2D eigenvalue weighted by Gasteiger charge is 2.26. The highest BCUT2D eigenvalue weighted by Crippen LogP contribution is 2.53. The van der Waals surface area contributed by atoms with Gasteiger partial charge in [-0.3, -0.25) is 0 Å². The molecule has 2 heterocycles. The van der Waals surface area contributed by atoms with E-state index in [1.807, 2.05) is 17.4 Å². The summed E-state index contributed by atoms with van der Waals surface area (Å²) in [6.45, 7) is 0. The number of hydrogen-bond acceptors (Lipinski definition) is 3. The molecule has 0 bridgehead atoms.